The van der Waals surface area contributed by atoms with Gasteiger partial charge < -0.3 is 14.6 Å². The molecule has 0 bridgehead atoms. The van der Waals surface area contributed by atoms with Crippen molar-refractivity contribution in [3.05, 3.63) is 23.8 Å². The van der Waals surface area contributed by atoms with Crippen molar-refractivity contribution < 1.29 is 14.6 Å². The molecule has 1 aliphatic carbocycles. The van der Waals surface area contributed by atoms with Crippen LogP contribution in [0.2, 0.25) is 0 Å². The highest BCUT2D eigenvalue weighted by molar-refractivity contribution is 9.09. The molecule has 0 heterocycles. The minimum atomic E-state index is 0.195. The maximum atomic E-state index is 9.20. The average molecular weight is 287 g/mol. The number of methoxy groups -OCH3 is 2. The Morgan fingerprint density at radius 3 is 2.56 bits per heavy atom. The molecule has 88 valence electrons. The maximum Gasteiger partial charge on any atom is 0.164 e. The SMILES string of the molecule is COc1cccc([C@H]2[C@@H](Br)[C@@H]2CO)c1OC. The summed E-state index contributed by atoms with van der Waals surface area (Å²) >= 11 is 3.57. The molecule has 2 rings (SSSR count). The molecule has 3 nitrogen and oxygen atoms in total. The maximum absolute atomic E-state index is 9.20. The van der Waals surface area contributed by atoms with Crippen LogP contribution in [0.5, 0.6) is 11.5 Å². The first-order valence-electron chi connectivity index (χ1n) is 5.20. The van der Waals surface area contributed by atoms with Crippen molar-refractivity contribution in [2.24, 2.45) is 5.92 Å². The predicted octanol–water partition coefficient (Wildman–Crippen LogP) is 2.17. The van der Waals surface area contributed by atoms with Gasteiger partial charge in [-0.05, 0) is 6.07 Å². The number of aliphatic hydroxyl groups is 1. The van der Waals surface area contributed by atoms with Crippen molar-refractivity contribution in [1.29, 1.82) is 0 Å². The van der Waals surface area contributed by atoms with Crippen molar-refractivity contribution >= 4 is 15.9 Å². The summed E-state index contributed by atoms with van der Waals surface area (Å²) in [5.74, 6) is 2.11. The van der Waals surface area contributed by atoms with Crippen LogP contribution in [0, 0.1) is 5.92 Å². The molecular weight excluding hydrogens is 272 g/mol. The van der Waals surface area contributed by atoms with Gasteiger partial charge in [0.25, 0.3) is 0 Å². The molecule has 1 aliphatic rings. The van der Waals surface area contributed by atoms with E-state index in [0.29, 0.717) is 10.7 Å². The van der Waals surface area contributed by atoms with E-state index in [-0.39, 0.29) is 12.5 Å². The molecule has 0 aromatic heterocycles. The molecule has 1 N–H and O–H groups in total. The van der Waals surface area contributed by atoms with Gasteiger partial charge >= 0.3 is 0 Å². The van der Waals surface area contributed by atoms with E-state index in [9.17, 15) is 5.11 Å². The lowest BCUT2D eigenvalue weighted by Gasteiger charge is -2.12. The van der Waals surface area contributed by atoms with Crippen LogP contribution < -0.4 is 9.47 Å². The molecule has 1 saturated carbocycles. The van der Waals surface area contributed by atoms with Gasteiger partial charge in [-0.2, -0.15) is 0 Å². The number of halogens is 1. The van der Waals surface area contributed by atoms with Crippen LogP contribution in [-0.4, -0.2) is 30.8 Å². The Hall–Kier alpha value is -0.740. The third-order valence-electron chi connectivity index (χ3n) is 3.08. The fourth-order valence-corrected chi connectivity index (χ4v) is 3.12. The van der Waals surface area contributed by atoms with Crippen molar-refractivity contribution in [2.75, 3.05) is 20.8 Å². The number of benzene rings is 1. The summed E-state index contributed by atoms with van der Waals surface area (Å²) in [5, 5.41) is 9.20. The third-order valence-corrected chi connectivity index (χ3v) is 4.32. The number of rotatable bonds is 4. The van der Waals surface area contributed by atoms with E-state index in [4.69, 9.17) is 9.47 Å². The minimum absolute atomic E-state index is 0.195. The Labute approximate surface area is 104 Å². The smallest absolute Gasteiger partial charge is 0.164 e. The number of hydrogen-bond donors (Lipinski definition) is 1. The van der Waals surface area contributed by atoms with Crippen LogP contribution in [0.15, 0.2) is 18.2 Å². The molecule has 0 amide bonds. The van der Waals surface area contributed by atoms with Gasteiger partial charge in [0.15, 0.2) is 11.5 Å². The first kappa shape index (κ1) is 11.7. The van der Waals surface area contributed by atoms with Crippen molar-refractivity contribution in [3.63, 3.8) is 0 Å². The molecule has 0 spiro atoms. The summed E-state index contributed by atoms with van der Waals surface area (Å²) in [5.41, 5.74) is 1.10. The third kappa shape index (κ3) is 1.80. The lowest BCUT2D eigenvalue weighted by atomic mass is 10.1. The van der Waals surface area contributed by atoms with Crippen LogP contribution in [0.1, 0.15) is 11.5 Å². The molecule has 16 heavy (non-hydrogen) atoms. The van der Waals surface area contributed by atoms with E-state index >= 15 is 0 Å². The van der Waals surface area contributed by atoms with Gasteiger partial charge in [0.2, 0.25) is 0 Å². The highest BCUT2D eigenvalue weighted by atomic mass is 79.9. The Bertz CT molecular complexity index is 381. The summed E-state index contributed by atoms with van der Waals surface area (Å²) in [7, 11) is 3.27. The molecule has 3 atom stereocenters. The summed E-state index contributed by atoms with van der Waals surface area (Å²) in [6.07, 6.45) is 0. The van der Waals surface area contributed by atoms with Crippen molar-refractivity contribution in [1.82, 2.24) is 0 Å². The fourth-order valence-electron chi connectivity index (χ4n) is 2.12. The number of para-hydroxylation sites is 1. The van der Waals surface area contributed by atoms with Gasteiger partial charge in [-0.3, -0.25) is 0 Å². The highest BCUT2D eigenvalue weighted by Gasteiger charge is 2.50. The molecule has 4 heteroatoms. The topological polar surface area (TPSA) is 38.7 Å². The summed E-state index contributed by atoms with van der Waals surface area (Å²) < 4.78 is 10.6. The molecule has 0 unspecified atom stereocenters. The second-order valence-corrected chi connectivity index (χ2v) is 4.96. The second-order valence-electron chi connectivity index (χ2n) is 3.90. The van der Waals surface area contributed by atoms with Crippen molar-refractivity contribution in [2.45, 2.75) is 10.7 Å². The molecule has 0 saturated heterocycles. The summed E-state index contributed by atoms with van der Waals surface area (Å²) in [4.78, 5) is 0.332. The van der Waals surface area contributed by atoms with Gasteiger partial charge in [-0.1, -0.05) is 28.1 Å². The zero-order valence-electron chi connectivity index (χ0n) is 9.31. The van der Waals surface area contributed by atoms with Gasteiger partial charge in [-0.25, -0.2) is 0 Å². The summed E-state index contributed by atoms with van der Waals surface area (Å²) in [6, 6.07) is 5.85. The number of ether oxygens (including phenoxy) is 2. The van der Waals surface area contributed by atoms with E-state index in [1.54, 1.807) is 14.2 Å². The Kier molecular flexibility index (Phi) is 3.40. The number of aliphatic hydroxyl groups excluding tert-OH is 1. The number of hydrogen-bond acceptors (Lipinski definition) is 3. The van der Waals surface area contributed by atoms with Crippen LogP contribution in [-0.2, 0) is 0 Å². The predicted molar refractivity (Wildman–Crippen MR) is 65.6 cm³/mol. The zero-order chi connectivity index (χ0) is 11.7. The van der Waals surface area contributed by atoms with E-state index in [1.165, 1.54) is 0 Å². The van der Waals surface area contributed by atoms with Gasteiger partial charge in [0.05, 0.1) is 14.2 Å². The molecule has 1 fully saturated rings. The lowest BCUT2D eigenvalue weighted by Crippen LogP contribution is -1.96. The quantitative estimate of drug-likeness (QED) is 0.863. The first-order valence-corrected chi connectivity index (χ1v) is 6.12. The van der Waals surface area contributed by atoms with Crippen LogP contribution in [0.25, 0.3) is 0 Å². The Balaban J connectivity index is 2.34. The lowest BCUT2D eigenvalue weighted by molar-refractivity contribution is 0.274. The van der Waals surface area contributed by atoms with Crippen molar-refractivity contribution in [3.8, 4) is 11.5 Å². The molecule has 1 aromatic carbocycles. The van der Waals surface area contributed by atoms with E-state index in [2.05, 4.69) is 15.9 Å². The normalized spacial score (nSPS) is 27.6. The Morgan fingerprint density at radius 1 is 1.31 bits per heavy atom. The van der Waals surface area contributed by atoms with E-state index < -0.39 is 0 Å². The van der Waals surface area contributed by atoms with Gasteiger partial charge in [0.1, 0.15) is 0 Å². The van der Waals surface area contributed by atoms with Crippen LogP contribution in [0.4, 0.5) is 0 Å². The molecule has 0 aliphatic heterocycles. The van der Waals surface area contributed by atoms with Crippen LogP contribution in [0.3, 0.4) is 0 Å². The fraction of sp³-hybridized carbons (Fsp3) is 0.500. The minimum Gasteiger partial charge on any atom is -0.493 e. The average Bonchev–Trinajstić information content (AvgIpc) is 2.98. The molecule has 1 aromatic rings. The highest BCUT2D eigenvalue weighted by Crippen LogP contribution is 2.56. The molecular formula is C12H15BrO3. The van der Waals surface area contributed by atoms with E-state index in [0.717, 1.165) is 17.1 Å². The zero-order valence-corrected chi connectivity index (χ0v) is 10.9. The van der Waals surface area contributed by atoms with Gasteiger partial charge in [-0.15, -0.1) is 0 Å². The summed E-state index contributed by atoms with van der Waals surface area (Å²) in [6.45, 7) is 0.195. The molecule has 0 radical (unpaired) electrons. The van der Waals surface area contributed by atoms with Crippen LogP contribution >= 0.6 is 15.9 Å². The van der Waals surface area contributed by atoms with E-state index in [1.807, 2.05) is 18.2 Å². The number of alkyl halides is 1. The standard InChI is InChI=1S/C12H15BrO3/c1-15-9-5-3-4-7(12(9)16-2)10-8(6-14)11(10)13/h3-5,8,10-11,14H,6H2,1-2H3/t8-,10-,11+/m1/s1. The largest absolute Gasteiger partial charge is 0.493 e. The van der Waals surface area contributed by atoms with Gasteiger partial charge in [0, 0.05) is 28.8 Å². The first-order chi connectivity index (χ1) is 7.74. The Morgan fingerprint density at radius 2 is 2.06 bits per heavy atom. The monoisotopic (exact) mass is 286 g/mol. The second kappa shape index (κ2) is 4.63.